The summed E-state index contributed by atoms with van der Waals surface area (Å²) in [5.74, 6) is -2.48. The van der Waals surface area contributed by atoms with Crippen LogP contribution in [0.15, 0.2) is 42.5 Å². The van der Waals surface area contributed by atoms with Crippen molar-refractivity contribution in [3.63, 3.8) is 0 Å². The van der Waals surface area contributed by atoms with Gasteiger partial charge in [-0.05, 0) is 60.4 Å². The van der Waals surface area contributed by atoms with Crippen molar-refractivity contribution >= 4 is 40.4 Å². The summed E-state index contributed by atoms with van der Waals surface area (Å²) in [6.07, 6.45) is 2.58. The highest BCUT2D eigenvalue weighted by Gasteiger charge is 2.33. The summed E-state index contributed by atoms with van der Waals surface area (Å²) in [5.41, 5.74) is 12.0. The summed E-state index contributed by atoms with van der Waals surface area (Å²) >= 11 is 0. The van der Waals surface area contributed by atoms with Crippen molar-refractivity contribution in [1.82, 2.24) is 26.6 Å². The molecular formula is C33H51N7O5. The number of nitrogens with two attached hydrogens (primary N) is 2. The molecule has 0 bridgehead atoms. The zero-order chi connectivity index (χ0) is 33.5. The molecule has 2 aromatic rings. The van der Waals surface area contributed by atoms with Crippen molar-refractivity contribution < 1.29 is 24.0 Å². The van der Waals surface area contributed by atoms with Crippen LogP contribution in [0.5, 0.6) is 0 Å². The Kier molecular flexibility index (Phi) is 15.3. The minimum atomic E-state index is -1.000. The maximum absolute atomic E-state index is 13.7. The number of amides is 6. The zero-order valence-corrected chi connectivity index (χ0v) is 27.2. The minimum Gasteiger partial charge on any atom is -0.368 e. The fourth-order valence-corrected chi connectivity index (χ4v) is 5.01. The fourth-order valence-electron chi connectivity index (χ4n) is 5.01. The van der Waals surface area contributed by atoms with Crippen LogP contribution in [0.4, 0.5) is 4.79 Å². The Labute approximate surface area is 266 Å². The third kappa shape index (κ3) is 12.0. The number of carbonyl (C=O) groups excluding carboxylic acids is 5. The standard InChI is InChI=1S/C33H51N7O5/c1-6-21(4)28(32(44)37-25(13-9-10-16-34)30(42)38-26(29(35)41)17-20(2)3)40-31(43)27(39-33(45)36-5)19-22-14-15-23-11-7-8-12-24(23)18-22/h7-8,11-12,14-15,18,20-21,25-28H,6,9-10,13,16-17,19,34H2,1-5H3,(H2,35,41)(H,37,44)(H,38,42)(H,40,43)(H2,36,39,45)/t21-,25-,26-,27-,28-/m0/s1. The molecule has 0 unspecified atom stereocenters. The molecule has 0 aliphatic rings. The quantitative estimate of drug-likeness (QED) is 0.123. The summed E-state index contributed by atoms with van der Waals surface area (Å²) in [7, 11) is 1.45. The molecule has 0 aliphatic carbocycles. The van der Waals surface area contributed by atoms with E-state index < -0.39 is 53.8 Å². The van der Waals surface area contributed by atoms with E-state index in [2.05, 4.69) is 26.6 Å². The van der Waals surface area contributed by atoms with Crippen LogP contribution in [0, 0.1) is 11.8 Å². The van der Waals surface area contributed by atoms with E-state index in [-0.39, 0.29) is 24.7 Å². The summed E-state index contributed by atoms with van der Waals surface area (Å²) in [5, 5.41) is 15.5. The molecule has 0 aliphatic heterocycles. The summed E-state index contributed by atoms with van der Waals surface area (Å²) in [4.78, 5) is 65.0. The number of primary amides is 1. The third-order valence-electron chi connectivity index (χ3n) is 7.84. The van der Waals surface area contributed by atoms with Gasteiger partial charge >= 0.3 is 6.03 Å². The number of urea groups is 1. The van der Waals surface area contributed by atoms with E-state index in [1.165, 1.54) is 7.05 Å². The fraction of sp³-hybridized carbons (Fsp3) is 0.545. The van der Waals surface area contributed by atoms with E-state index in [4.69, 9.17) is 11.5 Å². The van der Waals surface area contributed by atoms with Gasteiger partial charge in [0.15, 0.2) is 0 Å². The molecule has 9 N–H and O–H groups in total. The second-order valence-electron chi connectivity index (χ2n) is 12.0. The number of hydrogen-bond acceptors (Lipinski definition) is 6. The number of fused-ring (bicyclic) bond motifs is 1. The normalized spacial score (nSPS) is 14.5. The smallest absolute Gasteiger partial charge is 0.315 e. The molecule has 2 rings (SSSR count). The predicted octanol–water partition coefficient (Wildman–Crippen LogP) is 1.84. The summed E-state index contributed by atoms with van der Waals surface area (Å²) < 4.78 is 0. The third-order valence-corrected chi connectivity index (χ3v) is 7.84. The summed E-state index contributed by atoms with van der Waals surface area (Å²) in [6, 6.07) is 9.26. The van der Waals surface area contributed by atoms with Gasteiger partial charge in [0.25, 0.3) is 0 Å². The van der Waals surface area contributed by atoms with Gasteiger partial charge in [-0.25, -0.2) is 4.79 Å². The van der Waals surface area contributed by atoms with E-state index in [1.807, 2.05) is 70.2 Å². The molecule has 2 aromatic carbocycles. The molecule has 0 saturated heterocycles. The van der Waals surface area contributed by atoms with Gasteiger partial charge < -0.3 is 38.1 Å². The molecule has 0 aromatic heterocycles. The van der Waals surface area contributed by atoms with Gasteiger partial charge in [-0.15, -0.1) is 0 Å². The average molecular weight is 626 g/mol. The highest BCUT2D eigenvalue weighted by Crippen LogP contribution is 2.17. The van der Waals surface area contributed by atoms with Crippen LogP contribution in [0.2, 0.25) is 0 Å². The van der Waals surface area contributed by atoms with Crippen molar-refractivity contribution in [2.24, 2.45) is 23.3 Å². The molecule has 5 atom stereocenters. The Balaban J connectivity index is 2.28. The van der Waals surface area contributed by atoms with Crippen LogP contribution in [0.1, 0.15) is 65.4 Å². The molecular weight excluding hydrogens is 574 g/mol. The molecule has 0 heterocycles. The maximum atomic E-state index is 13.7. The molecule has 6 amide bonds. The number of hydrogen-bond donors (Lipinski definition) is 7. The molecule has 12 nitrogen and oxygen atoms in total. The first-order chi connectivity index (χ1) is 21.4. The predicted molar refractivity (Wildman–Crippen MR) is 176 cm³/mol. The maximum Gasteiger partial charge on any atom is 0.315 e. The van der Waals surface area contributed by atoms with Gasteiger partial charge in [-0.1, -0.05) is 76.6 Å². The van der Waals surface area contributed by atoms with E-state index >= 15 is 0 Å². The number of benzene rings is 2. The number of unbranched alkanes of at least 4 members (excludes halogenated alkanes) is 1. The minimum absolute atomic E-state index is 0.101. The van der Waals surface area contributed by atoms with Gasteiger partial charge in [-0.3, -0.25) is 19.2 Å². The molecule has 248 valence electrons. The first kappa shape index (κ1) is 37.0. The summed E-state index contributed by atoms with van der Waals surface area (Å²) in [6.45, 7) is 7.95. The number of nitrogens with one attached hydrogen (secondary N) is 5. The van der Waals surface area contributed by atoms with Crippen LogP contribution in [0.25, 0.3) is 10.8 Å². The van der Waals surface area contributed by atoms with E-state index in [0.29, 0.717) is 32.2 Å². The van der Waals surface area contributed by atoms with Gasteiger partial charge in [0.05, 0.1) is 0 Å². The Morgan fingerprint density at radius 2 is 1.42 bits per heavy atom. The Morgan fingerprint density at radius 3 is 2.02 bits per heavy atom. The van der Waals surface area contributed by atoms with E-state index in [0.717, 1.165) is 16.3 Å². The van der Waals surface area contributed by atoms with Crippen LogP contribution >= 0.6 is 0 Å². The largest absolute Gasteiger partial charge is 0.368 e. The highest BCUT2D eigenvalue weighted by molar-refractivity contribution is 5.95. The lowest BCUT2D eigenvalue weighted by atomic mass is 9.96. The first-order valence-electron chi connectivity index (χ1n) is 15.8. The first-order valence-corrected chi connectivity index (χ1v) is 15.8. The molecule has 0 fully saturated rings. The number of carbonyl (C=O) groups is 5. The molecule has 0 saturated carbocycles. The number of rotatable bonds is 18. The lowest BCUT2D eigenvalue weighted by molar-refractivity contribution is -0.134. The van der Waals surface area contributed by atoms with Crippen LogP contribution in [0.3, 0.4) is 0 Å². The van der Waals surface area contributed by atoms with Crippen molar-refractivity contribution in [2.75, 3.05) is 13.6 Å². The van der Waals surface area contributed by atoms with Crippen molar-refractivity contribution in [1.29, 1.82) is 0 Å². The van der Waals surface area contributed by atoms with Crippen molar-refractivity contribution in [2.45, 2.75) is 90.4 Å². The van der Waals surface area contributed by atoms with Crippen LogP contribution in [-0.4, -0.2) is 67.4 Å². The average Bonchev–Trinajstić information content (AvgIpc) is 3.01. The van der Waals surface area contributed by atoms with Gasteiger partial charge in [-0.2, -0.15) is 0 Å². The second-order valence-corrected chi connectivity index (χ2v) is 12.0. The van der Waals surface area contributed by atoms with E-state index in [9.17, 15) is 24.0 Å². The lowest BCUT2D eigenvalue weighted by Gasteiger charge is -2.29. The Morgan fingerprint density at radius 1 is 0.778 bits per heavy atom. The Hall–Kier alpha value is -4.19. The van der Waals surface area contributed by atoms with Crippen molar-refractivity contribution in [3.05, 3.63) is 48.0 Å². The van der Waals surface area contributed by atoms with Gasteiger partial charge in [0.1, 0.15) is 24.2 Å². The van der Waals surface area contributed by atoms with E-state index in [1.54, 1.807) is 0 Å². The van der Waals surface area contributed by atoms with Crippen LogP contribution < -0.4 is 38.1 Å². The lowest BCUT2D eigenvalue weighted by Crippen LogP contribution is -2.60. The molecule has 12 heteroatoms. The van der Waals surface area contributed by atoms with Gasteiger partial charge in [0, 0.05) is 13.5 Å². The van der Waals surface area contributed by atoms with Crippen molar-refractivity contribution in [3.8, 4) is 0 Å². The monoisotopic (exact) mass is 625 g/mol. The van der Waals surface area contributed by atoms with Crippen LogP contribution in [-0.2, 0) is 25.6 Å². The SMILES string of the molecule is CC[C@H](C)[C@H](NC(=O)[C@H](Cc1ccc2ccccc2c1)NC(=O)NC)C(=O)N[C@@H](CCCCN)C(=O)N[C@@H](CC(C)C)C(N)=O. The second kappa shape index (κ2) is 18.6. The Bertz CT molecular complexity index is 1300. The topological polar surface area (TPSA) is 198 Å². The molecule has 0 spiro atoms. The highest BCUT2D eigenvalue weighted by atomic mass is 16.2. The molecule has 45 heavy (non-hydrogen) atoms. The molecule has 0 radical (unpaired) electrons. The van der Waals surface area contributed by atoms with Gasteiger partial charge in [0.2, 0.25) is 23.6 Å². The zero-order valence-electron chi connectivity index (χ0n) is 27.2.